The van der Waals surface area contributed by atoms with Crippen molar-refractivity contribution in [2.45, 2.75) is 13.0 Å². The van der Waals surface area contributed by atoms with E-state index in [2.05, 4.69) is 88.7 Å². The van der Waals surface area contributed by atoms with Gasteiger partial charge in [-0.15, -0.1) is 11.3 Å². The third kappa shape index (κ3) is 2.75. The molecule has 1 N–H and O–H groups in total. The lowest BCUT2D eigenvalue weighted by atomic mass is 9.98. The Hall–Kier alpha value is -0.910. The van der Waals surface area contributed by atoms with Gasteiger partial charge >= 0.3 is 0 Å². The average molecular weight is 393 g/mol. The van der Waals surface area contributed by atoms with Crippen LogP contribution in [0, 0.1) is 3.57 Å². The molecule has 1 nitrogen and oxygen atoms in total. The Morgan fingerprint density at radius 1 is 1.10 bits per heavy atom. The fourth-order valence-corrected chi connectivity index (χ4v) is 3.84. The lowest BCUT2D eigenvalue weighted by molar-refractivity contribution is 0.636. The maximum atomic E-state index is 3.62. The molecule has 2 aromatic carbocycles. The number of thiophene rings is 1. The van der Waals surface area contributed by atoms with Gasteiger partial charge in [-0.05, 0) is 69.2 Å². The second kappa shape index (κ2) is 6.24. The predicted octanol–water partition coefficient (Wildman–Crippen LogP) is 5.20. The van der Waals surface area contributed by atoms with Crippen molar-refractivity contribution in [3.63, 3.8) is 0 Å². The normalized spacial score (nSPS) is 12.7. The first-order valence-corrected chi connectivity index (χ1v) is 8.70. The Labute approximate surface area is 137 Å². The van der Waals surface area contributed by atoms with Gasteiger partial charge in [-0.2, -0.15) is 0 Å². The Balaban J connectivity index is 2.08. The first-order chi connectivity index (χ1) is 9.79. The summed E-state index contributed by atoms with van der Waals surface area (Å²) >= 11 is 4.18. The zero-order chi connectivity index (χ0) is 13.9. The largest absolute Gasteiger partial charge is 0.306 e. The molecule has 3 rings (SSSR count). The van der Waals surface area contributed by atoms with Crippen molar-refractivity contribution in [2.24, 2.45) is 0 Å². The number of halogens is 1. The zero-order valence-corrected chi connectivity index (χ0v) is 14.2. The molecule has 0 fully saturated rings. The quantitative estimate of drug-likeness (QED) is 0.601. The molecular formula is C17H16INS. The molecule has 0 spiro atoms. The van der Waals surface area contributed by atoms with E-state index in [0.717, 1.165) is 6.54 Å². The number of nitrogens with one attached hydrogen (secondary N) is 1. The van der Waals surface area contributed by atoms with E-state index in [4.69, 9.17) is 0 Å². The molecular weight excluding hydrogens is 377 g/mol. The van der Waals surface area contributed by atoms with E-state index in [1.807, 2.05) is 11.3 Å². The third-order valence-corrected chi connectivity index (χ3v) is 5.13. The van der Waals surface area contributed by atoms with Crippen LogP contribution >= 0.6 is 33.9 Å². The van der Waals surface area contributed by atoms with Gasteiger partial charge in [0.05, 0.1) is 6.04 Å². The highest BCUT2D eigenvalue weighted by Gasteiger charge is 2.16. The van der Waals surface area contributed by atoms with E-state index in [1.54, 1.807) is 0 Å². The summed E-state index contributed by atoms with van der Waals surface area (Å²) in [6.07, 6.45) is 0. The summed E-state index contributed by atoms with van der Waals surface area (Å²) in [5.41, 5.74) is 2.71. The van der Waals surface area contributed by atoms with Crippen molar-refractivity contribution >= 4 is 44.0 Å². The third-order valence-electron chi connectivity index (χ3n) is 3.43. The summed E-state index contributed by atoms with van der Waals surface area (Å²) in [5.74, 6) is 0. The van der Waals surface area contributed by atoms with Crippen LogP contribution < -0.4 is 5.32 Å². The van der Waals surface area contributed by atoms with Gasteiger partial charge in [-0.1, -0.05) is 37.3 Å². The molecule has 1 heterocycles. The van der Waals surface area contributed by atoms with Crippen molar-refractivity contribution in [3.05, 3.63) is 68.6 Å². The summed E-state index contributed by atoms with van der Waals surface area (Å²) in [6.45, 7) is 3.12. The topological polar surface area (TPSA) is 12.0 Å². The second-order valence-corrected chi connectivity index (χ2v) is 6.89. The van der Waals surface area contributed by atoms with Crippen molar-refractivity contribution < 1.29 is 0 Å². The fraction of sp³-hybridized carbons (Fsp3) is 0.176. The number of fused-ring (bicyclic) bond motifs is 1. The minimum absolute atomic E-state index is 0.271. The maximum absolute atomic E-state index is 3.62. The van der Waals surface area contributed by atoms with Crippen molar-refractivity contribution in [1.82, 2.24) is 5.32 Å². The van der Waals surface area contributed by atoms with Crippen LogP contribution in [0.4, 0.5) is 0 Å². The van der Waals surface area contributed by atoms with Crippen LogP contribution in [0.25, 0.3) is 10.1 Å². The van der Waals surface area contributed by atoms with Gasteiger partial charge in [0.15, 0.2) is 0 Å². The zero-order valence-electron chi connectivity index (χ0n) is 11.3. The standard InChI is InChI=1S/C17H16INS/c1-2-19-17(12-7-9-13(18)10-8-12)15-11-20-16-6-4-3-5-14(15)16/h3-11,17,19H,2H2,1H3. The highest BCUT2D eigenvalue weighted by molar-refractivity contribution is 14.1. The Bertz CT molecular complexity index is 702. The smallest absolute Gasteiger partial charge is 0.0591 e. The van der Waals surface area contributed by atoms with Gasteiger partial charge < -0.3 is 5.32 Å². The van der Waals surface area contributed by atoms with E-state index in [0.29, 0.717) is 0 Å². The number of rotatable bonds is 4. The van der Waals surface area contributed by atoms with E-state index in [1.165, 1.54) is 24.8 Å². The Morgan fingerprint density at radius 2 is 1.85 bits per heavy atom. The SMILES string of the molecule is CCNC(c1ccc(I)cc1)c1csc2ccccc12. The van der Waals surface area contributed by atoms with Crippen molar-refractivity contribution in [1.29, 1.82) is 0 Å². The molecule has 0 radical (unpaired) electrons. The van der Waals surface area contributed by atoms with E-state index < -0.39 is 0 Å². The predicted molar refractivity (Wildman–Crippen MR) is 96.5 cm³/mol. The molecule has 0 saturated heterocycles. The van der Waals surface area contributed by atoms with E-state index in [9.17, 15) is 0 Å². The molecule has 102 valence electrons. The summed E-state index contributed by atoms with van der Waals surface area (Å²) in [7, 11) is 0. The van der Waals surface area contributed by atoms with Gasteiger partial charge in [0, 0.05) is 8.27 Å². The van der Waals surface area contributed by atoms with Crippen LogP contribution in [-0.2, 0) is 0 Å². The Kier molecular flexibility index (Phi) is 4.38. The highest BCUT2D eigenvalue weighted by Crippen LogP contribution is 2.33. The van der Waals surface area contributed by atoms with Crippen LogP contribution in [0.5, 0.6) is 0 Å². The molecule has 1 unspecified atom stereocenters. The van der Waals surface area contributed by atoms with Crippen LogP contribution in [0.2, 0.25) is 0 Å². The van der Waals surface area contributed by atoms with Crippen LogP contribution in [0.15, 0.2) is 53.9 Å². The van der Waals surface area contributed by atoms with Gasteiger partial charge in [0.25, 0.3) is 0 Å². The van der Waals surface area contributed by atoms with Crippen molar-refractivity contribution in [3.8, 4) is 0 Å². The van der Waals surface area contributed by atoms with Crippen molar-refractivity contribution in [2.75, 3.05) is 6.54 Å². The molecule has 1 aromatic heterocycles. The number of hydrogen-bond donors (Lipinski definition) is 1. The number of hydrogen-bond acceptors (Lipinski definition) is 2. The van der Waals surface area contributed by atoms with Gasteiger partial charge in [0.2, 0.25) is 0 Å². The Morgan fingerprint density at radius 3 is 2.60 bits per heavy atom. The first kappa shape index (κ1) is 14.0. The first-order valence-electron chi connectivity index (χ1n) is 6.74. The van der Waals surface area contributed by atoms with Crippen LogP contribution in [0.1, 0.15) is 24.1 Å². The molecule has 3 aromatic rings. The molecule has 3 heteroatoms. The second-order valence-electron chi connectivity index (χ2n) is 4.73. The molecule has 0 aliphatic carbocycles. The monoisotopic (exact) mass is 393 g/mol. The average Bonchev–Trinajstić information content (AvgIpc) is 2.90. The minimum atomic E-state index is 0.271. The molecule has 20 heavy (non-hydrogen) atoms. The van der Waals surface area contributed by atoms with Gasteiger partial charge in [-0.3, -0.25) is 0 Å². The maximum Gasteiger partial charge on any atom is 0.0591 e. The van der Waals surface area contributed by atoms with E-state index >= 15 is 0 Å². The molecule has 0 saturated carbocycles. The molecule has 1 atom stereocenters. The highest BCUT2D eigenvalue weighted by atomic mass is 127. The fourth-order valence-electron chi connectivity index (χ4n) is 2.49. The molecule has 0 amide bonds. The molecule has 0 aliphatic rings. The summed E-state index contributed by atoms with van der Waals surface area (Å²) < 4.78 is 2.63. The van der Waals surface area contributed by atoms with Crippen LogP contribution in [-0.4, -0.2) is 6.54 Å². The summed E-state index contributed by atoms with van der Waals surface area (Å²) in [6, 6.07) is 17.7. The minimum Gasteiger partial charge on any atom is -0.306 e. The van der Waals surface area contributed by atoms with E-state index in [-0.39, 0.29) is 6.04 Å². The summed E-state index contributed by atoms with van der Waals surface area (Å²) in [4.78, 5) is 0. The lowest BCUT2D eigenvalue weighted by Crippen LogP contribution is -2.21. The lowest BCUT2D eigenvalue weighted by Gasteiger charge is -2.18. The van der Waals surface area contributed by atoms with Crippen LogP contribution in [0.3, 0.4) is 0 Å². The summed E-state index contributed by atoms with van der Waals surface area (Å²) in [5, 5.41) is 7.27. The van der Waals surface area contributed by atoms with Gasteiger partial charge in [-0.25, -0.2) is 0 Å². The molecule has 0 bridgehead atoms. The molecule has 0 aliphatic heterocycles. The van der Waals surface area contributed by atoms with Gasteiger partial charge in [0.1, 0.15) is 0 Å². The number of benzene rings is 2.